The van der Waals surface area contributed by atoms with Gasteiger partial charge in [-0.05, 0) is 43.3 Å². The van der Waals surface area contributed by atoms with E-state index in [1.54, 1.807) is 20.5 Å². The van der Waals surface area contributed by atoms with Gasteiger partial charge in [0.05, 0.1) is 25.3 Å². The highest BCUT2D eigenvalue weighted by atomic mass is 16.5. The number of benzene rings is 2. The lowest BCUT2D eigenvalue weighted by Crippen LogP contribution is -1.90. The van der Waals surface area contributed by atoms with Crippen molar-refractivity contribution in [3.63, 3.8) is 0 Å². The molecule has 4 heteroatoms. The van der Waals surface area contributed by atoms with E-state index in [9.17, 15) is 0 Å². The molecule has 0 bridgehead atoms. The van der Waals surface area contributed by atoms with Crippen LogP contribution in [0.25, 0.3) is 10.9 Å². The summed E-state index contributed by atoms with van der Waals surface area (Å²) in [6.07, 6.45) is 1.57. The zero-order valence-corrected chi connectivity index (χ0v) is 13.3. The molecule has 3 aromatic rings. The van der Waals surface area contributed by atoms with Gasteiger partial charge in [-0.2, -0.15) is 0 Å². The van der Waals surface area contributed by atoms with E-state index < -0.39 is 0 Å². The molecule has 0 saturated carbocycles. The van der Waals surface area contributed by atoms with Gasteiger partial charge in [0.2, 0.25) is 0 Å². The lowest BCUT2D eigenvalue weighted by atomic mass is 10.1. The Labute approximate surface area is 135 Å². The highest BCUT2D eigenvalue weighted by molar-refractivity contribution is 5.82. The Balaban J connectivity index is 2.03. The fraction of sp³-hybridized carbons (Fsp3) is 0.158. The second-order valence-corrected chi connectivity index (χ2v) is 5.01. The van der Waals surface area contributed by atoms with Crippen LogP contribution in [0.4, 0.5) is 0 Å². The van der Waals surface area contributed by atoms with Crippen molar-refractivity contribution in [3.8, 4) is 23.3 Å². The Morgan fingerprint density at radius 1 is 0.913 bits per heavy atom. The topological polar surface area (TPSA) is 44.2 Å². The standard InChI is InChI=1S/C19H16N2O2/c1-13-17-10-14(5-8-18(17)21-12-20-13)4-6-15-11-16(22-2)7-9-19(15)23-3/h5,7-12H,1-3H3. The fourth-order valence-electron chi connectivity index (χ4n) is 2.31. The Hall–Kier alpha value is -3.06. The van der Waals surface area contributed by atoms with Gasteiger partial charge in [0, 0.05) is 16.6 Å². The van der Waals surface area contributed by atoms with E-state index >= 15 is 0 Å². The molecular weight excluding hydrogens is 288 g/mol. The second kappa shape index (κ2) is 6.37. The van der Waals surface area contributed by atoms with E-state index in [1.165, 1.54) is 0 Å². The van der Waals surface area contributed by atoms with Crippen LogP contribution < -0.4 is 9.47 Å². The zero-order chi connectivity index (χ0) is 16.2. The summed E-state index contributed by atoms with van der Waals surface area (Å²) in [4.78, 5) is 8.48. The molecule has 1 aromatic heterocycles. The van der Waals surface area contributed by atoms with Gasteiger partial charge in [0.15, 0.2) is 0 Å². The molecule has 2 aromatic carbocycles. The van der Waals surface area contributed by atoms with Crippen molar-refractivity contribution in [1.29, 1.82) is 0 Å². The predicted molar refractivity (Wildman–Crippen MR) is 89.8 cm³/mol. The van der Waals surface area contributed by atoms with Gasteiger partial charge in [-0.15, -0.1) is 0 Å². The summed E-state index contributed by atoms with van der Waals surface area (Å²) in [6.45, 7) is 1.96. The molecule has 0 radical (unpaired) electrons. The fourth-order valence-corrected chi connectivity index (χ4v) is 2.31. The molecule has 0 atom stereocenters. The minimum Gasteiger partial charge on any atom is -0.497 e. The van der Waals surface area contributed by atoms with Crippen molar-refractivity contribution in [3.05, 3.63) is 59.5 Å². The van der Waals surface area contributed by atoms with Crippen LogP contribution in [0.5, 0.6) is 11.5 Å². The van der Waals surface area contributed by atoms with E-state index in [0.29, 0.717) is 0 Å². The summed E-state index contributed by atoms with van der Waals surface area (Å²) in [5.41, 5.74) is 3.55. The monoisotopic (exact) mass is 304 g/mol. The minimum atomic E-state index is 0.721. The van der Waals surface area contributed by atoms with Crippen LogP contribution in [0.2, 0.25) is 0 Å². The van der Waals surface area contributed by atoms with Crippen molar-refractivity contribution < 1.29 is 9.47 Å². The van der Waals surface area contributed by atoms with E-state index in [0.717, 1.165) is 39.2 Å². The first-order valence-corrected chi connectivity index (χ1v) is 7.16. The molecule has 4 nitrogen and oxygen atoms in total. The van der Waals surface area contributed by atoms with E-state index in [2.05, 4.69) is 21.8 Å². The van der Waals surface area contributed by atoms with Crippen LogP contribution in [0, 0.1) is 18.8 Å². The Kier molecular flexibility index (Phi) is 4.11. The molecule has 0 saturated heterocycles. The first-order chi connectivity index (χ1) is 11.2. The van der Waals surface area contributed by atoms with Crippen LogP contribution in [0.1, 0.15) is 16.8 Å². The van der Waals surface area contributed by atoms with E-state index in [-0.39, 0.29) is 0 Å². The average Bonchev–Trinajstić information content (AvgIpc) is 2.60. The molecule has 0 N–H and O–H groups in total. The Morgan fingerprint density at radius 2 is 1.78 bits per heavy atom. The van der Waals surface area contributed by atoms with Gasteiger partial charge in [0.1, 0.15) is 17.8 Å². The number of fused-ring (bicyclic) bond motifs is 1. The highest BCUT2D eigenvalue weighted by Gasteiger charge is 2.03. The van der Waals surface area contributed by atoms with Gasteiger partial charge in [-0.25, -0.2) is 9.97 Å². The number of nitrogens with zero attached hydrogens (tertiary/aromatic N) is 2. The number of methoxy groups -OCH3 is 2. The summed E-state index contributed by atoms with van der Waals surface area (Å²) in [5, 5.41) is 1.01. The lowest BCUT2D eigenvalue weighted by Gasteiger charge is -2.05. The van der Waals surface area contributed by atoms with Crippen molar-refractivity contribution in [1.82, 2.24) is 9.97 Å². The van der Waals surface area contributed by atoms with E-state index in [1.807, 2.05) is 43.3 Å². The minimum absolute atomic E-state index is 0.721. The third kappa shape index (κ3) is 3.09. The van der Waals surface area contributed by atoms with Gasteiger partial charge in [-0.3, -0.25) is 0 Å². The average molecular weight is 304 g/mol. The molecule has 0 spiro atoms. The number of ether oxygens (including phenoxy) is 2. The maximum atomic E-state index is 5.34. The smallest absolute Gasteiger partial charge is 0.134 e. The molecule has 0 unspecified atom stereocenters. The maximum Gasteiger partial charge on any atom is 0.134 e. The largest absolute Gasteiger partial charge is 0.497 e. The molecule has 23 heavy (non-hydrogen) atoms. The number of aromatic nitrogens is 2. The normalized spacial score (nSPS) is 10.0. The molecule has 3 rings (SSSR count). The first kappa shape index (κ1) is 14.9. The lowest BCUT2D eigenvalue weighted by molar-refractivity contribution is 0.402. The summed E-state index contributed by atoms with van der Waals surface area (Å²) in [6, 6.07) is 11.5. The van der Waals surface area contributed by atoms with Crippen LogP contribution >= 0.6 is 0 Å². The highest BCUT2D eigenvalue weighted by Crippen LogP contribution is 2.23. The number of rotatable bonds is 2. The van der Waals surface area contributed by atoms with E-state index in [4.69, 9.17) is 9.47 Å². The number of hydrogen-bond acceptors (Lipinski definition) is 4. The number of aryl methyl sites for hydroxylation is 1. The van der Waals surface area contributed by atoms with Gasteiger partial charge < -0.3 is 9.47 Å². The van der Waals surface area contributed by atoms with Crippen LogP contribution in [-0.4, -0.2) is 24.2 Å². The maximum absolute atomic E-state index is 5.34. The summed E-state index contributed by atoms with van der Waals surface area (Å²) < 4.78 is 10.6. The van der Waals surface area contributed by atoms with Crippen LogP contribution in [0.3, 0.4) is 0 Å². The Morgan fingerprint density at radius 3 is 2.57 bits per heavy atom. The van der Waals surface area contributed by atoms with Crippen LogP contribution in [0.15, 0.2) is 42.7 Å². The summed E-state index contributed by atoms with van der Waals surface area (Å²) in [7, 11) is 3.26. The SMILES string of the molecule is COc1ccc(OC)c(C#Cc2ccc3ncnc(C)c3c2)c1. The third-order valence-electron chi connectivity index (χ3n) is 3.58. The van der Waals surface area contributed by atoms with Crippen molar-refractivity contribution in [2.75, 3.05) is 14.2 Å². The van der Waals surface area contributed by atoms with Crippen LogP contribution in [-0.2, 0) is 0 Å². The third-order valence-corrected chi connectivity index (χ3v) is 3.58. The quantitative estimate of drug-likeness (QED) is 0.681. The van der Waals surface area contributed by atoms with Crippen molar-refractivity contribution >= 4 is 10.9 Å². The summed E-state index contributed by atoms with van der Waals surface area (Å²) in [5.74, 6) is 7.78. The second-order valence-electron chi connectivity index (χ2n) is 5.01. The van der Waals surface area contributed by atoms with Crippen molar-refractivity contribution in [2.24, 2.45) is 0 Å². The number of hydrogen-bond donors (Lipinski definition) is 0. The van der Waals surface area contributed by atoms with Gasteiger partial charge in [0.25, 0.3) is 0 Å². The molecule has 0 aliphatic heterocycles. The molecule has 0 aliphatic carbocycles. The zero-order valence-electron chi connectivity index (χ0n) is 13.3. The molecule has 0 fully saturated rings. The first-order valence-electron chi connectivity index (χ1n) is 7.16. The Bertz CT molecular complexity index is 924. The molecule has 114 valence electrons. The molecule has 0 amide bonds. The summed E-state index contributed by atoms with van der Waals surface area (Å²) >= 11 is 0. The molecule has 1 heterocycles. The van der Waals surface area contributed by atoms with Gasteiger partial charge >= 0.3 is 0 Å². The predicted octanol–water partition coefficient (Wildman–Crippen LogP) is 3.36. The van der Waals surface area contributed by atoms with Crippen molar-refractivity contribution in [2.45, 2.75) is 6.92 Å². The molecular formula is C19H16N2O2. The van der Waals surface area contributed by atoms with Gasteiger partial charge in [-0.1, -0.05) is 11.8 Å². The molecule has 0 aliphatic rings.